The summed E-state index contributed by atoms with van der Waals surface area (Å²) in [4.78, 5) is 13.4. The van der Waals surface area contributed by atoms with Crippen LogP contribution in [0.3, 0.4) is 0 Å². The number of carbonyl (C=O) groups is 1. The average molecular weight is 558 g/mol. The molecule has 1 aliphatic heterocycles. The molecule has 0 spiro atoms. The molecule has 0 aromatic heterocycles. The van der Waals surface area contributed by atoms with E-state index in [4.69, 9.17) is 24.1 Å². The van der Waals surface area contributed by atoms with Crippen LogP contribution in [-0.4, -0.2) is 56.9 Å². The third kappa shape index (κ3) is 7.05. The molecule has 3 aromatic carbocycles. The summed E-state index contributed by atoms with van der Waals surface area (Å²) in [6.45, 7) is 4.47. The van der Waals surface area contributed by atoms with Gasteiger partial charge in [-0.3, -0.25) is 4.79 Å². The molecule has 0 saturated carbocycles. The average Bonchev–Trinajstić information content (AvgIpc) is 3.39. The fourth-order valence-electron chi connectivity index (χ4n) is 5.76. The first kappa shape index (κ1) is 29.0. The normalized spacial score (nSPS) is 19.2. The monoisotopic (exact) mass is 557 g/mol. The molecule has 216 valence electrons. The van der Waals surface area contributed by atoms with E-state index in [1.54, 1.807) is 0 Å². The van der Waals surface area contributed by atoms with Crippen molar-refractivity contribution in [2.75, 3.05) is 39.6 Å². The molecular weight excluding hydrogens is 518 g/mol. The minimum absolute atomic E-state index is 0.00398. The fraction of sp³-hybridized carbons (Fsp3) is 0.382. The number of hydrogen-bond donors (Lipinski definition) is 2. The van der Waals surface area contributed by atoms with Gasteiger partial charge in [-0.2, -0.15) is 0 Å². The van der Waals surface area contributed by atoms with Crippen LogP contribution >= 0.6 is 0 Å². The van der Waals surface area contributed by atoms with Crippen molar-refractivity contribution in [3.8, 4) is 11.1 Å². The maximum atomic E-state index is 13.4. The Morgan fingerprint density at radius 3 is 2.49 bits per heavy atom. The predicted molar refractivity (Wildman–Crippen MR) is 157 cm³/mol. The number of rotatable bonds is 14. The summed E-state index contributed by atoms with van der Waals surface area (Å²) in [6, 6.07) is 24.8. The minimum Gasteiger partial charge on any atom is -0.459 e. The van der Waals surface area contributed by atoms with E-state index in [0.29, 0.717) is 46.0 Å². The molecule has 0 radical (unpaired) electrons. The van der Waals surface area contributed by atoms with Gasteiger partial charge in [0.05, 0.1) is 26.4 Å². The van der Waals surface area contributed by atoms with Gasteiger partial charge >= 0.3 is 0 Å². The van der Waals surface area contributed by atoms with Gasteiger partial charge in [0.1, 0.15) is 0 Å². The summed E-state index contributed by atoms with van der Waals surface area (Å²) in [6.07, 6.45) is 2.92. The first-order valence-corrected chi connectivity index (χ1v) is 14.5. The highest BCUT2D eigenvalue weighted by molar-refractivity contribution is 5.91. The highest BCUT2D eigenvalue weighted by Gasteiger charge is 2.39. The van der Waals surface area contributed by atoms with Crippen molar-refractivity contribution >= 4 is 5.91 Å². The molecule has 2 aliphatic rings. The standard InChI is InChI=1S/C34H39NO6/c1-2-40-34-29(15-17-38-19-20-39-18-16-36)31(22-32(41-34)33(37)35-23-24-9-4-3-5-10-24)28-14-8-13-27-26-12-7-6-11-25(26)21-30(27)28/h3-14,22,29,31,34,36H,2,15-21,23H2,1H3,(H,35,37)/t29-,31+,34+/m1/s1. The molecule has 0 fully saturated rings. The lowest BCUT2D eigenvalue weighted by molar-refractivity contribution is -0.168. The largest absolute Gasteiger partial charge is 0.459 e. The number of ether oxygens (including phenoxy) is 4. The predicted octanol–water partition coefficient (Wildman–Crippen LogP) is 4.97. The van der Waals surface area contributed by atoms with Gasteiger partial charge in [0, 0.05) is 31.6 Å². The van der Waals surface area contributed by atoms with Crippen molar-refractivity contribution in [1.82, 2.24) is 5.32 Å². The van der Waals surface area contributed by atoms with Crippen LogP contribution < -0.4 is 5.32 Å². The van der Waals surface area contributed by atoms with Crippen LogP contribution in [0, 0.1) is 5.92 Å². The molecule has 3 aromatic rings. The molecule has 0 bridgehead atoms. The quantitative estimate of drug-likeness (QED) is 0.213. The second kappa shape index (κ2) is 14.4. The van der Waals surface area contributed by atoms with Gasteiger partial charge in [0.2, 0.25) is 6.29 Å². The molecule has 2 N–H and O–H groups in total. The molecular formula is C34H39NO6. The first-order chi connectivity index (χ1) is 20.2. The minimum atomic E-state index is -0.596. The summed E-state index contributed by atoms with van der Waals surface area (Å²) in [5, 5.41) is 11.9. The Labute approximate surface area is 242 Å². The molecule has 7 nitrogen and oxygen atoms in total. The van der Waals surface area contributed by atoms with Crippen molar-refractivity contribution in [3.63, 3.8) is 0 Å². The van der Waals surface area contributed by atoms with Crippen molar-refractivity contribution in [1.29, 1.82) is 0 Å². The highest BCUT2D eigenvalue weighted by atomic mass is 16.7. The van der Waals surface area contributed by atoms with Gasteiger partial charge < -0.3 is 29.4 Å². The smallest absolute Gasteiger partial charge is 0.286 e. The van der Waals surface area contributed by atoms with Crippen LogP contribution in [0.25, 0.3) is 11.1 Å². The van der Waals surface area contributed by atoms with Crippen molar-refractivity contribution in [2.24, 2.45) is 5.92 Å². The van der Waals surface area contributed by atoms with E-state index in [0.717, 1.165) is 12.0 Å². The summed E-state index contributed by atoms with van der Waals surface area (Å²) >= 11 is 0. The number of nitrogens with one attached hydrogen (secondary N) is 1. The third-order valence-corrected chi connectivity index (χ3v) is 7.68. The number of carbonyl (C=O) groups excluding carboxylic acids is 1. The Morgan fingerprint density at radius 2 is 1.68 bits per heavy atom. The van der Waals surface area contributed by atoms with Gasteiger partial charge in [-0.05, 0) is 59.2 Å². The van der Waals surface area contributed by atoms with Crippen LogP contribution in [-0.2, 0) is 36.7 Å². The van der Waals surface area contributed by atoms with Crippen LogP contribution in [0.15, 0.2) is 84.6 Å². The molecule has 5 rings (SSSR count). The third-order valence-electron chi connectivity index (χ3n) is 7.68. The maximum Gasteiger partial charge on any atom is 0.286 e. The second-order valence-corrected chi connectivity index (χ2v) is 10.3. The van der Waals surface area contributed by atoms with Gasteiger partial charge in [0.15, 0.2) is 5.76 Å². The Bertz CT molecular complexity index is 1320. The van der Waals surface area contributed by atoms with Gasteiger partial charge in [-0.25, -0.2) is 0 Å². The Hall–Kier alpha value is -3.49. The maximum absolute atomic E-state index is 13.4. The van der Waals surface area contributed by atoms with Gasteiger partial charge in [-0.15, -0.1) is 0 Å². The molecule has 1 heterocycles. The van der Waals surface area contributed by atoms with Gasteiger partial charge in [-0.1, -0.05) is 72.8 Å². The van der Waals surface area contributed by atoms with Crippen LogP contribution in [0.2, 0.25) is 0 Å². The van der Waals surface area contributed by atoms with Gasteiger partial charge in [0.25, 0.3) is 5.91 Å². The molecule has 41 heavy (non-hydrogen) atoms. The fourth-order valence-corrected chi connectivity index (χ4v) is 5.76. The van der Waals surface area contributed by atoms with Crippen LogP contribution in [0.4, 0.5) is 0 Å². The highest BCUT2D eigenvalue weighted by Crippen LogP contribution is 2.45. The molecule has 1 aliphatic carbocycles. The molecule has 0 unspecified atom stereocenters. The van der Waals surface area contributed by atoms with Crippen LogP contribution in [0.1, 0.15) is 41.5 Å². The lowest BCUT2D eigenvalue weighted by atomic mass is 9.78. The zero-order valence-corrected chi connectivity index (χ0v) is 23.6. The topological polar surface area (TPSA) is 86.3 Å². The van der Waals surface area contributed by atoms with E-state index in [9.17, 15) is 4.79 Å². The van der Waals surface area contributed by atoms with E-state index in [1.807, 2.05) is 43.3 Å². The number of allylic oxidation sites excluding steroid dienone is 1. The summed E-state index contributed by atoms with van der Waals surface area (Å²) in [7, 11) is 0. The van der Waals surface area contributed by atoms with E-state index in [-0.39, 0.29) is 30.1 Å². The molecule has 7 heteroatoms. The summed E-state index contributed by atoms with van der Waals surface area (Å²) in [5.74, 6) is -0.132. The number of fused-ring (bicyclic) bond motifs is 3. The van der Waals surface area contributed by atoms with Crippen molar-refractivity contribution in [2.45, 2.75) is 38.5 Å². The SMILES string of the molecule is CCO[C@H]1OC(C(=O)NCc2ccccc2)=C[C@@H](c2cccc3c2Cc2ccccc2-3)[C@H]1CCOCCOCCO. The molecule has 1 amide bonds. The first-order valence-electron chi connectivity index (χ1n) is 14.5. The lowest BCUT2D eigenvalue weighted by Crippen LogP contribution is -2.39. The van der Waals surface area contributed by atoms with Crippen molar-refractivity contribution < 1.29 is 28.8 Å². The number of hydrogen-bond acceptors (Lipinski definition) is 6. The molecule has 3 atom stereocenters. The Kier molecular flexibility index (Phi) is 10.2. The second-order valence-electron chi connectivity index (χ2n) is 10.3. The lowest BCUT2D eigenvalue weighted by Gasteiger charge is -2.37. The van der Waals surface area contributed by atoms with E-state index in [1.165, 1.54) is 27.8 Å². The summed E-state index contributed by atoms with van der Waals surface area (Å²) in [5.41, 5.74) is 7.33. The summed E-state index contributed by atoms with van der Waals surface area (Å²) < 4.78 is 23.6. The van der Waals surface area contributed by atoms with E-state index in [2.05, 4.69) is 47.8 Å². The number of benzene rings is 3. The number of aliphatic hydroxyl groups is 1. The van der Waals surface area contributed by atoms with E-state index < -0.39 is 6.29 Å². The van der Waals surface area contributed by atoms with Crippen LogP contribution in [0.5, 0.6) is 0 Å². The number of aliphatic hydroxyl groups excluding tert-OH is 1. The zero-order chi connectivity index (χ0) is 28.4. The Balaban J connectivity index is 1.42. The zero-order valence-electron chi connectivity index (χ0n) is 23.6. The number of amides is 1. The van der Waals surface area contributed by atoms with Crippen molar-refractivity contribution in [3.05, 3.63) is 107 Å². The van der Waals surface area contributed by atoms with E-state index >= 15 is 0 Å². The molecule has 0 saturated heterocycles. The Morgan fingerprint density at radius 1 is 0.927 bits per heavy atom.